The monoisotopic (exact) mass is 362 g/mol. The van der Waals surface area contributed by atoms with Gasteiger partial charge in [0.2, 0.25) is 11.4 Å². The van der Waals surface area contributed by atoms with Crippen LogP contribution in [0.1, 0.15) is 30.7 Å². The summed E-state index contributed by atoms with van der Waals surface area (Å²) in [5, 5.41) is 0. The SMILES string of the molecule is Cc1ccc(-c2cc(-c3ccccc3)cc3[n+]2-c2ccccc2C3(C)C)cc1. The van der Waals surface area contributed by atoms with Gasteiger partial charge in [0.05, 0.1) is 5.41 Å². The highest BCUT2D eigenvalue weighted by Crippen LogP contribution is 2.41. The molecule has 4 aromatic rings. The van der Waals surface area contributed by atoms with Crippen molar-refractivity contribution in [1.29, 1.82) is 0 Å². The molecule has 0 spiro atoms. The van der Waals surface area contributed by atoms with Crippen molar-refractivity contribution in [1.82, 2.24) is 0 Å². The van der Waals surface area contributed by atoms with Gasteiger partial charge in [-0.05, 0) is 44.0 Å². The number of rotatable bonds is 2. The Kier molecular flexibility index (Phi) is 3.73. The first-order valence-corrected chi connectivity index (χ1v) is 9.88. The van der Waals surface area contributed by atoms with Gasteiger partial charge in [-0.25, -0.2) is 0 Å². The minimum absolute atomic E-state index is 0.0408. The Morgan fingerprint density at radius 2 is 1.32 bits per heavy atom. The van der Waals surface area contributed by atoms with E-state index in [1.54, 1.807) is 0 Å². The summed E-state index contributed by atoms with van der Waals surface area (Å²) < 4.78 is 2.45. The van der Waals surface area contributed by atoms with Crippen molar-refractivity contribution >= 4 is 0 Å². The van der Waals surface area contributed by atoms with E-state index in [0.717, 1.165) is 0 Å². The van der Waals surface area contributed by atoms with Crippen LogP contribution in [0.25, 0.3) is 28.1 Å². The Hall–Kier alpha value is -3.19. The first-order chi connectivity index (χ1) is 13.6. The fourth-order valence-corrected chi connectivity index (χ4v) is 4.38. The highest BCUT2D eigenvalue weighted by Gasteiger charge is 2.45. The molecular weight excluding hydrogens is 338 g/mol. The molecular formula is C27H24N+. The first-order valence-electron chi connectivity index (χ1n) is 9.88. The van der Waals surface area contributed by atoms with Crippen LogP contribution in [-0.2, 0) is 5.41 Å². The molecule has 136 valence electrons. The molecule has 0 bridgehead atoms. The average Bonchev–Trinajstić information content (AvgIpc) is 2.96. The van der Waals surface area contributed by atoms with Gasteiger partial charge >= 0.3 is 0 Å². The van der Waals surface area contributed by atoms with Gasteiger partial charge < -0.3 is 0 Å². The second kappa shape index (κ2) is 6.17. The van der Waals surface area contributed by atoms with Gasteiger partial charge in [0.25, 0.3) is 0 Å². The molecule has 3 aromatic carbocycles. The zero-order valence-electron chi connectivity index (χ0n) is 16.6. The highest BCUT2D eigenvalue weighted by molar-refractivity contribution is 5.71. The molecule has 0 saturated heterocycles. The average molecular weight is 362 g/mol. The van der Waals surface area contributed by atoms with Gasteiger partial charge in [0.1, 0.15) is 0 Å². The molecule has 0 atom stereocenters. The van der Waals surface area contributed by atoms with Crippen LogP contribution < -0.4 is 4.57 Å². The fraction of sp³-hybridized carbons (Fsp3) is 0.148. The number of benzene rings is 3. The maximum atomic E-state index is 2.45. The molecule has 1 aromatic heterocycles. The van der Waals surface area contributed by atoms with Crippen molar-refractivity contribution < 1.29 is 4.57 Å². The third-order valence-corrected chi connectivity index (χ3v) is 5.98. The summed E-state index contributed by atoms with van der Waals surface area (Å²) in [6.45, 7) is 6.80. The summed E-state index contributed by atoms with van der Waals surface area (Å²) in [5.41, 5.74) is 10.3. The minimum Gasteiger partial charge on any atom is -0.156 e. The molecule has 1 heteroatoms. The van der Waals surface area contributed by atoms with Gasteiger partial charge in [-0.2, -0.15) is 4.57 Å². The summed E-state index contributed by atoms with van der Waals surface area (Å²) in [4.78, 5) is 0. The van der Waals surface area contributed by atoms with Crippen LogP contribution in [0.2, 0.25) is 0 Å². The van der Waals surface area contributed by atoms with Gasteiger partial charge in [-0.1, -0.05) is 66.2 Å². The largest absolute Gasteiger partial charge is 0.219 e. The number of fused-ring (bicyclic) bond motifs is 3. The lowest BCUT2D eigenvalue weighted by molar-refractivity contribution is -0.588. The lowest BCUT2D eigenvalue weighted by Gasteiger charge is -2.15. The number of pyridine rings is 1. The van der Waals surface area contributed by atoms with Crippen molar-refractivity contribution in [2.75, 3.05) is 0 Å². The molecule has 0 unspecified atom stereocenters. The van der Waals surface area contributed by atoms with E-state index in [0.29, 0.717) is 0 Å². The molecule has 1 aliphatic rings. The Morgan fingerprint density at radius 1 is 0.643 bits per heavy atom. The molecule has 0 N–H and O–H groups in total. The number of hydrogen-bond donors (Lipinski definition) is 0. The summed E-state index contributed by atoms with van der Waals surface area (Å²) in [5.74, 6) is 0. The Balaban J connectivity index is 1.86. The normalized spacial score (nSPS) is 13.8. The van der Waals surface area contributed by atoms with Crippen LogP contribution >= 0.6 is 0 Å². The molecule has 1 aliphatic heterocycles. The van der Waals surface area contributed by atoms with E-state index in [4.69, 9.17) is 0 Å². The molecule has 0 amide bonds. The van der Waals surface area contributed by atoms with Crippen LogP contribution in [0.15, 0.2) is 91.0 Å². The summed E-state index contributed by atoms with van der Waals surface area (Å²) in [6, 6.07) is 33.1. The third kappa shape index (κ3) is 2.51. The summed E-state index contributed by atoms with van der Waals surface area (Å²) in [6.07, 6.45) is 0. The van der Waals surface area contributed by atoms with Gasteiger partial charge in [-0.3, -0.25) is 0 Å². The number of aryl methyl sites for hydroxylation is 1. The Morgan fingerprint density at radius 3 is 2.07 bits per heavy atom. The van der Waals surface area contributed by atoms with Gasteiger partial charge in [-0.15, -0.1) is 0 Å². The maximum absolute atomic E-state index is 2.45. The second-order valence-electron chi connectivity index (χ2n) is 8.22. The molecule has 28 heavy (non-hydrogen) atoms. The second-order valence-corrected chi connectivity index (χ2v) is 8.22. The topological polar surface area (TPSA) is 3.88 Å². The quantitative estimate of drug-likeness (QED) is 0.371. The molecule has 0 aliphatic carbocycles. The van der Waals surface area contributed by atoms with E-state index < -0.39 is 0 Å². The van der Waals surface area contributed by atoms with Crippen molar-refractivity contribution in [2.45, 2.75) is 26.2 Å². The number of nitrogens with zero attached hydrogens (tertiary/aromatic N) is 1. The van der Waals surface area contributed by atoms with Crippen molar-refractivity contribution in [2.24, 2.45) is 0 Å². The number of aromatic nitrogens is 1. The zero-order valence-corrected chi connectivity index (χ0v) is 16.6. The fourth-order valence-electron chi connectivity index (χ4n) is 4.38. The van der Waals surface area contributed by atoms with E-state index in [1.165, 1.54) is 44.9 Å². The molecule has 0 saturated carbocycles. The maximum Gasteiger partial charge on any atom is 0.219 e. The Labute approximate surface area is 166 Å². The molecule has 1 nitrogen and oxygen atoms in total. The van der Waals surface area contributed by atoms with Crippen LogP contribution in [0, 0.1) is 6.92 Å². The Bertz CT molecular complexity index is 1170. The number of hydrogen-bond acceptors (Lipinski definition) is 0. The summed E-state index contributed by atoms with van der Waals surface area (Å²) >= 11 is 0. The third-order valence-electron chi connectivity index (χ3n) is 5.98. The van der Waals surface area contributed by atoms with Crippen LogP contribution in [0.4, 0.5) is 0 Å². The predicted molar refractivity (Wildman–Crippen MR) is 116 cm³/mol. The first kappa shape index (κ1) is 16.9. The predicted octanol–water partition coefficient (Wildman–Crippen LogP) is 6.25. The van der Waals surface area contributed by atoms with E-state index in [1.807, 2.05) is 0 Å². The number of para-hydroxylation sites is 1. The van der Waals surface area contributed by atoms with Crippen molar-refractivity contribution in [3.63, 3.8) is 0 Å². The van der Waals surface area contributed by atoms with Crippen LogP contribution in [0.3, 0.4) is 0 Å². The molecule has 2 heterocycles. The van der Waals surface area contributed by atoms with E-state index >= 15 is 0 Å². The molecule has 5 rings (SSSR count). The lowest BCUT2D eigenvalue weighted by Crippen LogP contribution is -2.37. The molecule has 0 fully saturated rings. The van der Waals surface area contributed by atoms with Gasteiger partial charge in [0.15, 0.2) is 5.69 Å². The van der Waals surface area contributed by atoms with Crippen molar-refractivity contribution in [3.8, 4) is 28.1 Å². The van der Waals surface area contributed by atoms with Gasteiger partial charge in [0, 0.05) is 29.3 Å². The zero-order chi connectivity index (χ0) is 19.3. The van der Waals surface area contributed by atoms with E-state index in [2.05, 4.69) is 116 Å². The highest BCUT2D eigenvalue weighted by atomic mass is 15.0. The van der Waals surface area contributed by atoms with Crippen molar-refractivity contribution in [3.05, 3.63) is 108 Å². The van der Waals surface area contributed by atoms with E-state index in [9.17, 15) is 0 Å². The standard InChI is InChI=1S/C27H24N/c1-19-13-15-21(16-14-19)25-17-22(20-9-5-4-6-10-20)18-26-27(2,3)23-11-7-8-12-24(23)28(25)26/h4-18H,1-3H3/q+1. The minimum atomic E-state index is -0.0408. The lowest BCUT2D eigenvalue weighted by atomic mass is 9.82. The van der Waals surface area contributed by atoms with E-state index in [-0.39, 0.29) is 5.41 Å². The van der Waals surface area contributed by atoms with Crippen LogP contribution in [-0.4, -0.2) is 0 Å². The van der Waals surface area contributed by atoms with Crippen LogP contribution in [0.5, 0.6) is 0 Å². The summed E-state index contributed by atoms with van der Waals surface area (Å²) in [7, 11) is 0. The molecule has 0 radical (unpaired) electrons. The smallest absolute Gasteiger partial charge is 0.156 e.